The van der Waals surface area contributed by atoms with Gasteiger partial charge in [-0.25, -0.2) is 4.39 Å². The Hall–Kier alpha value is -3.09. The van der Waals surface area contributed by atoms with Gasteiger partial charge in [-0.05, 0) is 61.2 Å². The van der Waals surface area contributed by atoms with E-state index in [1.165, 1.54) is 12.1 Å². The number of rotatable bonds is 10. The SMILES string of the molecule is CN=C(NCCCCOc1ccc(F)cc1)NCCc1cccc(C(=O)NC)c1. The zero-order chi connectivity index (χ0) is 20.9. The van der Waals surface area contributed by atoms with Crippen LogP contribution in [0.15, 0.2) is 53.5 Å². The van der Waals surface area contributed by atoms with Crippen molar-refractivity contribution in [2.45, 2.75) is 19.3 Å². The van der Waals surface area contributed by atoms with Crippen molar-refractivity contribution in [3.63, 3.8) is 0 Å². The largest absolute Gasteiger partial charge is 0.494 e. The molecule has 0 aromatic heterocycles. The number of ether oxygens (including phenoxy) is 1. The van der Waals surface area contributed by atoms with Gasteiger partial charge < -0.3 is 20.7 Å². The van der Waals surface area contributed by atoms with Crippen LogP contribution < -0.4 is 20.7 Å². The van der Waals surface area contributed by atoms with Crippen LogP contribution in [0.3, 0.4) is 0 Å². The van der Waals surface area contributed by atoms with Gasteiger partial charge in [-0.3, -0.25) is 9.79 Å². The minimum atomic E-state index is -0.264. The Bertz CT molecular complexity index is 794. The van der Waals surface area contributed by atoms with Gasteiger partial charge in [-0.15, -0.1) is 0 Å². The molecule has 0 aliphatic rings. The van der Waals surface area contributed by atoms with E-state index in [2.05, 4.69) is 20.9 Å². The number of nitrogens with zero attached hydrogens (tertiary/aromatic N) is 1. The number of carbonyl (C=O) groups is 1. The molecule has 2 rings (SSSR count). The number of aliphatic imine (C=N–C) groups is 1. The molecule has 0 spiro atoms. The summed E-state index contributed by atoms with van der Waals surface area (Å²) in [7, 11) is 3.36. The molecule has 0 saturated carbocycles. The predicted molar refractivity (Wildman–Crippen MR) is 114 cm³/mol. The average molecular weight is 400 g/mol. The molecular formula is C22H29FN4O2. The summed E-state index contributed by atoms with van der Waals surface area (Å²) in [6.45, 7) is 2.07. The van der Waals surface area contributed by atoms with Crippen LogP contribution in [0, 0.1) is 5.82 Å². The van der Waals surface area contributed by atoms with E-state index in [-0.39, 0.29) is 11.7 Å². The Kier molecular flexibility index (Phi) is 9.48. The number of amides is 1. The third-order valence-electron chi connectivity index (χ3n) is 4.29. The number of hydrogen-bond donors (Lipinski definition) is 3. The lowest BCUT2D eigenvalue weighted by molar-refractivity contribution is 0.0963. The Morgan fingerprint density at radius 3 is 2.55 bits per heavy atom. The molecule has 0 fully saturated rings. The second-order valence-corrected chi connectivity index (χ2v) is 6.46. The van der Waals surface area contributed by atoms with Gasteiger partial charge in [0.25, 0.3) is 5.91 Å². The highest BCUT2D eigenvalue weighted by atomic mass is 19.1. The number of halogens is 1. The average Bonchev–Trinajstić information content (AvgIpc) is 2.75. The third kappa shape index (κ3) is 8.21. The quantitative estimate of drug-likeness (QED) is 0.326. The first kappa shape index (κ1) is 22.2. The monoisotopic (exact) mass is 400 g/mol. The Morgan fingerprint density at radius 2 is 1.83 bits per heavy atom. The van der Waals surface area contributed by atoms with E-state index in [1.54, 1.807) is 32.3 Å². The number of guanidine groups is 1. The maximum Gasteiger partial charge on any atom is 0.251 e. The number of unbranched alkanes of at least 4 members (excludes halogenated alkanes) is 1. The first-order chi connectivity index (χ1) is 14.1. The number of benzene rings is 2. The molecule has 0 heterocycles. The zero-order valence-corrected chi connectivity index (χ0v) is 17.0. The maximum absolute atomic E-state index is 12.8. The van der Waals surface area contributed by atoms with Crippen LogP contribution in [0.1, 0.15) is 28.8 Å². The molecule has 7 heteroatoms. The molecule has 6 nitrogen and oxygen atoms in total. The third-order valence-corrected chi connectivity index (χ3v) is 4.29. The molecule has 3 N–H and O–H groups in total. The number of hydrogen-bond acceptors (Lipinski definition) is 3. The van der Waals surface area contributed by atoms with Crippen molar-refractivity contribution in [1.29, 1.82) is 0 Å². The Labute approximate surface area is 171 Å². The first-order valence-corrected chi connectivity index (χ1v) is 9.76. The van der Waals surface area contributed by atoms with Crippen LogP contribution in [-0.2, 0) is 6.42 Å². The second-order valence-electron chi connectivity index (χ2n) is 6.46. The lowest BCUT2D eigenvalue weighted by atomic mass is 10.1. The van der Waals surface area contributed by atoms with Gasteiger partial charge in [-0.1, -0.05) is 12.1 Å². The van der Waals surface area contributed by atoms with Crippen LogP contribution in [0.4, 0.5) is 4.39 Å². The summed E-state index contributed by atoms with van der Waals surface area (Å²) in [5, 5.41) is 9.18. The van der Waals surface area contributed by atoms with Gasteiger partial charge in [0.15, 0.2) is 5.96 Å². The molecule has 0 saturated heterocycles. The molecule has 2 aromatic carbocycles. The van der Waals surface area contributed by atoms with E-state index < -0.39 is 0 Å². The Morgan fingerprint density at radius 1 is 1.07 bits per heavy atom. The van der Waals surface area contributed by atoms with Gasteiger partial charge in [0.1, 0.15) is 11.6 Å². The van der Waals surface area contributed by atoms with Crippen molar-refractivity contribution in [2.75, 3.05) is 33.8 Å². The summed E-state index contributed by atoms with van der Waals surface area (Å²) >= 11 is 0. The molecule has 1 amide bonds. The van der Waals surface area contributed by atoms with Crippen LogP contribution in [0.5, 0.6) is 5.75 Å². The highest BCUT2D eigenvalue weighted by molar-refractivity contribution is 5.94. The minimum Gasteiger partial charge on any atom is -0.494 e. The van der Waals surface area contributed by atoms with Gasteiger partial charge in [0, 0.05) is 32.7 Å². The first-order valence-electron chi connectivity index (χ1n) is 9.76. The second kappa shape index (κ2) is 12.4. The van der Waals surface area contributed by atoms with Gasteiger partial charge in [-0.2, -0.15) is 0 Å². The molecule has 2 aromatic rings. The molecule has 0 radical (unpaired) electrons. The minimum absolute atomic E-state index is 0.0827. The number of carbonyl (C=O) groups excluding carboxylic acids is 1. The summed E-state index contributed by atoms with van der Waals surface area (Å²) in [5.41, 5.74) is 1.75. The van der Waals surface area contributed by atoms with E-state index in [0.717, 1.165) is 37.3 Å². The van der Waals surface area contributed by atoms with Crippen molar-refractivity contribution in [2.24, 2.45) is 4.99 Å². The van der Waals surface area contributed by atoms with Crippen molar-refractivity contribution < 1.29 is 13.9 Å². The maximum atomic E-state index is 12.8. The zero-order valence-electron chi connectivity index (χ0n) is 17.0. The Balaban J connectivity index is 1.60. The standard InChI is InChI=1S/C22H29FN4O2/c1-24-21(28)18-7-5-6-17(16-18)12-14-27-22(25-2)26-13-3-4-15-29-20-10-8-19(23)9-11-20/h5-11,16H,3-4,12-15H2,1-2H3,(H,24,28)(H2,25,26,27). The topological polar surface area (TPSA) is 74.8 Å². The van der Waals surface area contributed by atoms with E-state index in [9.17, 15) is 9.18 Å². The summed E-state index contributed by atoms with van der Waals surface area (Å²) in [4.78, 5) is 15.9. The molecule has 0 bridgehead atoms. The lowest BCUT2D eigenvalue weighted by Crippen LogP contribution is -2.38. The van der Waals surface area contributed by atoms with Gasteiger partial charge >= 0.3 is 0 Å². The summed E-state index contributed by atoms with van der Waals surface area (Å²) < 4.78 is 18.4. The normalized spacial score (nSPS) is 11.1. The molecule has 0 aliphatic heterocycles. The van der Waals surface area contributed by atoms with Crippen molar-refractivity contribution in [3.05, 3.63) is 65.5 Å². The molecule has 0 aliphatic carbocycles. The van der Waals surface area contributed by atoms with Crippen molar-refractivity contribution >= 4 is 11.9 Å². The fourth-order valence-electron chi connectivity index (χ4n) is 2.71. The molecule has 29 heavy (non-hydrogen) atoms. The van der Waals surface area contributed by atoms with Crippen LogP contribution in [-0.4, -0.2) is 45.7 Å². The van der Waals surface area contributed by atoms with Gasteiger partial charge in [0.05, 0.1) is 6.61 Å². The van der Waals surface area contributed by atoms with Crippen LogP contribution >= 0.6 is 0 Å². The van der Waals surface area contributed by atoms with Gasteiger partial charge in [0.2, 0.25) is 0 Å². The van der Waals surface area contributed by atoms with Crippen LogP contribution in [0.25, 0.3) is 0 Å². The molecule has 0 atom stereocenters. The predicted octanol–water partition coefficient (Wildman–Crippen LogP) is 2.75. The molecular weight excluding hydrogens is 371 g/mol. The smallest absolute Gasteiger partial charge is 0.251 e. The molecule has 0 unspecified atom stereocenters. The summed E-state index contributed by atoms with van der Waals surface area (Å²) in [6, 6.07) is 13.6. The lowest BCUT2D eigenvalue weighted by Gasteiger charge is -2.12. The van der Waals surface area contributed by atoms with E-state index in [1.807, 2.05) is 18.2 Å². The van der Waals surface area contributed by atoms with Crippen molar-refractivity contribution in [1.82, 2.24) is 16.0 Å². The van der Waals surface area contributed by atoms with E-state index in [0.29, 0.717) is 24.5 Å². The van der Waals surface area contributed by atoms with E-state index in [4.69, 9.17) is 4.74 Å². The van der Waals surface area contributed by atoms with Crippen LogP contribution in [0.2, 0.25) is 0 Å². The fourth-order valence-corrected chi connectivity index (χ4v) is 2.71. The number of nitrogens with one attached hydrogen (secondary N) is 3. The summed E-state index contributed by atoms with van der Waals surface area (Å²) in [5.74, 6) is 1.07. The highest BCUT2D eigenvalue weighted by Crippen LogP contribution is 2.11. The van der Waals surface area contributed by atoms with Crippen molar-refractivity contribution in [3.8, 4) is 5.75 Å². The fraction of sp³-hybridized carbons (Fsp3) is 0.364. The highest BCUT2D eigenvalue weighted by Gasteiger charge is 2.04. The molecule has 156 valence electrons. The van der Waals surface area contributed by atoms with E-state index >= 15 is 0 Å². The summed E-state index contributed by atoms with van der Waals surface area (Å²) in [6.07, 6.45) is 2.60.